The Hall–Kier alpha value is -1.13. The van der Waals surface area contributed by atoms with Crippen molar-refractivity contribution in [2.75, 3.05) is 5.75 Å². The quantitative estimate of drug-likeness (QED) is 0.679. The lowest BCUT2D eigenvalue weighted by Crippen LogP contribution is -1.97. The maximum Gasteiger partial charge on any atom is 0.298 e. The zero-order valence-corrected chi connectivity index (χ0v) is 7.91. The summed E-state index contributed by atoms with van der Waals surface area (Å²) in [6, 6.07) is 12.0. The molecule has 0 bridgehead atoms. The molecular formula is C9H11O3S. The zero-order chi connectivity index (χ0) is 10.2. The lowest BCUT2D eigenvalue weighted by Gasteiger charge is -1.78. The average molecular weight is 199 g/mol. The largest absolute Gasteiger partial charge is 0.298 e. The molecule has 0 aliphatic heterocycles. The minimum atomic E-state index is -4.04. The standard InChI is InChI=1S/C6H6.C3H5O3S/c1-2-4-6-5-3-1;1-2-3-7(4,5)6/h1-6H;2H,1,3H2. The van der Waals surface area contributed by atoms with Crippen LogP contribution in [0.3, 0.4) is 0 Å². The summed E-state index contributed by atoms with van der Waals surface area (Å²) in [6.45, 7) is 3.07. The van der Waals surface area contributed by atoms with E-state index in [9.17, 15) is 13.0 Å². The van der Waals surface area contributed by atoms with Crippen molar-refractivity contribution in [1.29, 1.82) is 0 Å². The van der Waals surface area contributed by atoms with Gasteiger partial charge in [-0.2, -0.15) is 8.42 Å². The minimum Gasteiger partial charge on any atom is -0.197 e. The van der Waals surface area contributed by atoms with Gasteiger partial charge in [0, 0.05) is 0 Å². The van der Waals surface area contributed by atoms with E-state index in [0.29, 0.717) is 0 Å². The van der Waals surface area contributed by atoms with Crippen LogP contribution >= 0.6 is 0 Å². The van der Waals surface area contributed by atoms with Gasteiger partial charge in [-0.15, -0.1) is 6.58 Å². The van der Waals surface area contributed by atoms with Crippen LogP contribution in [0.5, 0.6) is 0 Å². The molecule has 0 atom stereocenters. The highest BCUT2D eigenvalue weighted by atomic mass is 32.2. The van der Waals surface area contributed by atoms with E-state index in [-0.39, 0.29) is 0 Å². The first kappa shape index (κ1) is 11.9. The molecule has 4 heteroatoms. The fourth-order valence-electron chi connectivity index (χ4n) is 0.529. The van der Waals surface area contributed by atoms with Crippen molar-refractivity contribution in [3.63, 3.8) is 0 Å². The second-order valence-electron chi connectivity index (χ2n) is 2.17. The first-order valence-electron chi connectivity index (χ1n) is 3.61. The van der Waals surface area contributed by atoms with Gasteiger partial charge in [-0.3, -0.25) is 0 Å². The van der Waals surface area contributed by atoms with E-state index in [1.54, 1.807) is 0 Å². The van der Waals surface area contributed by atoms with Crippen LogP contribution in [0.4, 0.5) is 0 Å². The van der Waals surface area contributed by atoms with Crippen molar-refractivity contribution < 1.29 is 13.0 Å². The number of hydrogen-bond acceptors (Lipinski definition) is 2. The molecule has 0 heterocycles. The summed E-state index contributed by atoms with van der Waals surface area (Å²) in [7, 11) is -4.04. The molecule has 0 aliphatic rings. The summed E-state index contributed by atoms with van der Waals surface area (Å²) in [5.74, 6) is -0.479. The molecule has 71 valence electrons. The van der Waals surface area contributed by atoms with Gasteiger partial charge in [0.05, 0.1) is 5.75 Å². The Balaban J connectivity index is 0.000000223. The Bertz CT molecular complexity index is 289. The van der Waals surface area contributed by atoms with Crippen LogP contribution in [0.1, 0.15) is 0 Å². The summed E-state index contributed by atoms with van der Waals surface area (Å²) in [5.41, 5.74) is 0. The van der Waals surface area contributed by atoms with Crippen LogP contribution < -0.4 is 0 Å². The molecule has 0 aliphatic carbocycles. The van der Waals surface area contributed by atoms with Gasteiger partial charge in [-0.1, -0.05) is 47.0 Å². The van der Waals surface area contributed by atoms with Gasteiger partial charge in [0.2, 0.25) is 0 Å². The fraction of sp³-hybridized carbons (Fsp3) is 0.111. The summed E-state index contributed by atoms with van der Waals surface area (Å²) in [6.07, 6.45) is 1.06. The second-order valence-corrected chi connectivity index (χ2v) is 3.62. The predicted octanol–water partition coefficient (Wildman–Crippen LogP) is 1.62. The molecule has 13 heavy (non-hydrogen) atoms. The molecule has 0 spiro atoms. The van der Waals surface area contributed by atoms with Crippen molar-refractivity contribution >= 4 is 10.1 Å². The lowest BCUT2D eigenvalue weighted by atomic mass is 10.4. The van der Waals surface area contributed by atoms with E-state index in [1.807, 2.05) is 36.4 Å². The van der Waals surface area contributed by atoms with Crippen molar-refractivity contribution in [2.24, 2.45) is 0 Å². The highest BCUT2D eigenvalue weighted by Crippen LogP contribution is 1.80. The summed E-state index contributed by atoms with van der Waals surface area (Å²) < 4.78 is 28.8. The summed E-state index contributed by atoms with van der Waals surface area (Å²) in [4.78, 5) is 0. The third-order valence-electron chi connectivity index (χ3n) is 0.989. The van der Waals surface area contributed by atoms with Crippen molar-refractivity contribution in [3.05, 3.63) is 49.1 Å². The predicted molar refractivity (Wildman–Crippen MR) is 51.1 cm³/mol. The molecule has 0 N–H and O–H groups in total. The average Bonchev–Trinajstić information content (AvgIpc) is 2.06. The maximum atomic E-state index is 9.60. The van der Waals surface area contributed by atoms with Gasteiger partial charge in [0.1, 0.15) is 0 Å². The first-order chi connectivity index (χ1) is 6.06. The van der Waals surface area contributed by atoms with Gasteiger partial charge in [-0.05, 0) is 0 Å². The topological polar surface area (TPSA) is 54.0 Å². The van der Waals surface area contributed by atoms with Crippen molar-refractivity contribution in [2.45, 2.75) is 0 Å². The van der Waals surface area contributed by atoms with Crippen LogP contribution in [-0.2, 0) is 14.7 Å². The van der Waals surface area contributed by atoms with E-state index < -0.39 is 15.9 Å². The van der Waals surface area contributed by atoms with Crippen molar-refractivity contribution in [1.82, 2.24) is 0 Å². The van der Waals surface area contributed by atoms with E-state index in [2.05, 4.69) is 6.58 Å². The van der Waals surface area contributed by atoms with Gasteiger partial charge >= 0.3 is 0 Å². The van der Waals surface area contributed by atoms with Gasteiger partial charge in [-0.25, -0.2) is 0 Å². The summed E-state index contributed by atoms with van der Waals surface area (Å²) in [5, 5.41) is 0. The molecule has 1 rings (SSSR count). The molecule has 1 aromatic carbocycles. The molecule has 0 amide bonds. The Morgan fingerprint density at radius 1 is 1.00 bits per heavy atom. The molecule has 0 saturated carbocycles. The molecule has 3 nitrogen and oxygen atoms in total. The molecule has 0 fully saturated rings. The molecule has 0 aromatic heterocycles. The SMILES string of the molecule is C=CCS([O])(=O)=O.c1ccccc1. The molecule has 0 saturated heterocycles. The van der Waals surface area contributed by atoms with Crippen LogP contribution in [0.15, 0.2) is 49.1 Å². The van der Waals surface area contributed by atoms with Crippen LogP contribution in [0.2, 0.25) is 0 Å². The fourth-order valence-corrected chi connectivity index (χ4v) is 0.818. The number of rotatable bonds is 2. The molecular weight excluding hydrogens is 188 g/mol. The van der Waals surface area contributed by atoms with Crippen LogP contribution in [0.25, 0.3) is 0 Å². The highest BCUT2D eigenvalue weighted by molar-refractivity contribution is 7.85. The van der Waals surface area contributed by atoms with E-state index in [0.717, 1.165) is 6.08 Å². The Morgan fingerprint density at radius 3 is 1.38 bits per heavy atom. The normalized spacial score (nSPS) is 9.62. The highest BCUT2D eigenvalue weighted by Gasteiger charge is 1.99. The molecule has 0 unspecified atom stereocenters. The van der Waals surface area contributed by atoms with Crippen LogP contribution in [-0.4, -0.2) is 14.2 Å². The smallest absolute Gasteiger partial charge is 0.197 e. The Morgan fingerprint density at radius 2 is 1.31 bits per heavy atom. The monoisotopic (exact) mass is 199 g/mol. The van der Waals surface area contributed by atoms with E-state index in [4.69, 9.17) is 0 Å². The third-order valence-corrected chi connectivity index (χ3v) is 1.63. The Kier molecular flexibility index (Phi) is 5.84. The van der Waals surface area contributed by atoms with E-state index >= 15 is 0 Å². The van der Waals surface area contributed by atoms with Crippen molar-refractivity contribution in [3.8, 4) is 0 Å². The summed E-state index contributed by atoms with van der Waals surface area (Å²) >= 11 is 0. The molecule has 1 aromatic rings. The number of benzene rings is 1. The van der Waals surface area contributed by atoms with Gasteiger partial charge in [0.25, 0.3) is 10.1 Å². The first-order valence-corrected chi connectivity index (χ1v) is 5.18. The zero-order valence-electron chi connectivity index (χ0n) is 7.09. The van der Waals surface area contributed by atoms with Gasteiger partial charge in [0.15, 0.2) is 0 Å². The molecule has 1 radical (unpaired) electrons. The third kappa shape index (κ3) is 10.9. The number of hydrogen-bond donors (Lipinski definition) is 0. The lowest BCUT2D eigenvalue weighted by molar-refractivity contribution is 0.417. The van der Waals surface area contributed by atoms with Gasteiger partial charge < -0.3 is 0 Å². The Labute approximate surface area is 78.5 Å². The maximum absolute atomic E-state index is 9.60. The van der Waals surface area contributed by atoms with Crippen LogP contribution in [0, 0.1) is 0 Å². The van der Waals surface area contributed by atoms with E-state index in [1.165, 1.54) is 0 Å². The minimum absolute atomic E-state index is 0.479. The second kappa shape index (κ2) is 6.39.